The highest BCUT2D eigenvalue weighted by molar-refractivity contribution is 6.34. The third-order valence-corrected chi connectivity index (χ3v) is 4.96. The number of hydrogen-bond acceptors (Lipinski definition) is 4. The number of halogens is 1. The molecule has 146 valence electrons. The molecule has 0 saturated carbocycles. The minimum absolute atomic E-state index is 0.0348. The molecule has 1 amide bonds. The van der Waals surface area contributed by atoms with Crippen LogP contribution >= 0.6 is 11.6 Å². The van der Waals surface area contributed by atoms with Gasteiger partial charge in [-0.1, -0.05) is 17.7 Å². The smallest absolute Gasteiger partial charge is 0.310 e. The van der Waals surface area contributed by atoms with E-state index in [2.05, 4.69) is 5.32 Å². The van der Waals surface area contributed by atoms with Crippen molar-refractivity contribution < 1.29 is 18.7 Å². The van der Waals surface area contributed by atoms with E-state index < -0.39 is 11.9 Å². The fourth-order valence-corrected chi connectivity index (χ4v) is 3.44. The van der Waals surface area contributed by atoms with Crippen molar-refractivity contribution in [2.45, 2.75) is 34.1 Å². The van der Waals surface area contributed by atoms with Crippen LogP contribution in [0.1, 0.15) is 27.8 Å². The lowest BCUT2D eigenvalue weighted by Crippen LogP contribution is -2.22. The van der Waals surface area contributed by atoms with Gasteiger partial charge in [0.05, 0.1) is 23.4 Å². The predicted octanol–water partition coefficient (Wildman–Crippen LogP) is 5.04. The Balaban J connectivity index is 1.60. The van der Waals surface area contributed by atoms with Gasteiger partial charge in [-0.3, -0.25) is 9.59 Å². The van der Waals surface area contributed by atoms with Crippen molar-refractivity contribution in [3.8, 4) is 0 Å². The van der Waals surface area contributed by atoms with Crippen LogP contribution in [-0.4, -0.2) is 18.5 Å². The Morgan fingerprint density at radius 3 is 2.46 bits per heavy atom. The SMILES string of the molecule is Cc1cc(C)c(NC(=O)COC(=O)Cc2coc3cc(C)c(C)cc23)c(Cl)c1. The first-order valence-corrected chi connectivity index (χ1v) is 9.32. The number of fused-ring (bicyclic) bond motifs is 1. The van der Waals surface area contributed by atoms with Crippen LogP contribution in [-0.2, 0) is 20.7 Å². The van der Waals surface area contributed by atoms with E-state index in [4.69, 9.17) is 20.8 Å². The lowest BCUT2D eigenvalue weighted by atomic mass is 10.0. The molecule has 3 rings (SSSR count). The van der Waals surface area contributed by atoms with Crippen molar-refractivity contribution >= 4 is 40.1 Å². The highest BCUT2D eigenvalue weighted by atomic mass is 35.5. The van der Waals surface area contributed by atoms with Crippen LogP contribution in [0.2, 0.25) is 5.02 Å². The number of benzene rings is 2. The van der Waals surface area contributed by atoms with Crippen LogP contribution in [0.3, 0.4) is 0 Å². The van der Waals surface area contributed by atoms with Crippen LogP contribution in [0.15, 0.2) is 34.9 Å². The Kier molecular flexibility index (Phi) is 5.75. The van der Waals surface area contributed by atoms with Crippen molar-refractivity contribution in [1.29, 1.82) is 0 Å². The third-order valence-electron chi connectivity index (χ3n) is 4.67. The predicted molar refractivity (Wildman–Crippen MR) is 110 cm³/mol. The summed E-state index contributed by atoms with van der Waals surface area (Å²) in [6, 6.07) is 7.62. The average Bonchev–Trinajstić information content (AvgIpc) is 2.98. The molecule has 6 heteroatoms. The molecule has 0 radical (unpaired) electrons. The normalized spacial score (nSPS) is 10.9. The number of anilines is 1. The second-order valence-corrected chi connectivity index (χ2v) is 7.43. The van der Waals surface area contributed by atoms with Gasteiger partial charge in [-0.15, -0.1) is 0 Å². The van der Waals surface area contributed by atoms with Crippen molar-refractivity contribution in [2.24, 2.45) is 0 Å². The molecule has 1 heterocycles. The summed E-state index contributed by atoms with van der Waals surface area (Å²) in [6.45, 7) is 7.41. The molecule has 3 aromatic rings. The Labute approximate surface area is 168 Å². The fourth-order valence-electron chi connectivity index (χ4n) is 3.08. The van der Waals surface area contributed by atoms with Crippen LogP contribution in [0.5, 0.6) is 0 Å². The number of nitrogens with one attached hydrogen (secondary N) is 1. The zero-order valence-electron chi connectivity index (χ0n) is 16.3. The maximum atomic E-state index is 12.2. The molecule has 0 spiro atoms. The Bertz CT molecular complexity index is 1040. The van der Waals surface area contributed by atoms with E-state index >= 15 is 0 Å². The summed E-state index contributed by atoms with van der Waals surface area (Å²) >= 11 is 6.18. The largest absolute Gasteiger partial charge is 0.464 e. The van der Waals surface area contributed by atoms with Crippen molar-refractivity contribution in [1.82, 2.24) is 0 Å². The first-order chi connectivity index (χ1) is 13.2. The van der Waals surface area contributed by atoms with Crippen molar-refractivity contribution in [3.63, 3.8) is 0 Å². The number of hydrogen-bond donors (Lipinski definition) is 1. The lowest BCUT2D eigenvalue weighted by molar-refractivity contribution is -0.146. The topological polar surface area (TPSA) is 68.5 Å². The van der Waals surface area contributed by atoms with Gasteiger partial charge in [0.2, 0.25) is 0 Å². The number of furan rings is 1. The number of carbonyl (C=O) groups excluding carboxylic acids is 2. The summed E-state index contributed by atoms with van der Waals surface area (Å²) in [7, 11) is 0. The molecule has 2 aromatic carbocycles. The summed E-state index contributed by atoms with van der Waals surface area (Å²) in [5, 5.41) is 4.03. The van der Waals surface area contributed by atoms with Gasteiger partial charge < -0.3 is 14.5 Å². The quantitative estimate of drug-likeness (QED) is 0.610. The van der Waals surface area contributed by atoms with Crippen LogP contribution in [0.25, 0.3) is 11.0 Å². The fraction of sp³-hybridized carbons (Fsp3) is 0.273. The van der Waals surface area contributed by atoms with Gasteiger partial charge in [0.25, 0.3) is 5.91 Å². The molecule has 1 aromatic heterocycles. The molecule has 0 bridgehead atoms. The Morgan fingerprint density at radius 1 is 1.04 bits per heavy atom. The van der Waals surface area contributed by atoms with Crippen molar-refractivity contribution in [3.05, 3.63) is 63.4 Å². The molecule has 5 nitrogen and oxygen atoms in total. The summed E-state index contributed by atoms with van der Waals surface area (Å²) < 4.78 is 10.6. The van der Waals surface area contributed by atoms with Crippen LogP contribution in [0.4, 0.5) is 5.69 Å². The summed E-state index contributed by atoms with van der Waals surface area (Å²) in [6.07, 6.45) is 1.59. The molecule has 0 aliphatic heterocycles. The standard InChI is InChI=1S/C22H22ClNO4/c1-12-5-15(4)22(18(23)6-12)24-20(25)11-28-21(26)9-16-10-27-19-8-14(3)13(2)7-17(16)19/h5-8,10H,9,11H2,1-4H3,(H,24,25). The van der Waals surface area contributed by atoms with Gasteiger partial charge in [0, 0.05) is 10.9 Å². The number of ether oxygens (including phenoxy) is 1. The van der Waals surface area contributed by atoms with Crippen LogP contribution in [0, 0.1) is 27.7 Å². The maximum absolute atomic E-state index is 12.2. The molecule has 0 aliphatic rings. The van der Waals surface area contributed by atoms with E-state index in [1.54, 1.807) is 12.3 Å². The minimum atomic E-state index is -0.497. The number of amides is 1. The van der Waals surface area contributed by atoms with Crippen LogP contribution < -0.4 is 5.32 Å². The van der Waals surface area contributed by atoms with E-state index in [0.717, 1.165) is 38.8 Å². The van der Waals surface area contributed by atoms with E-state index in [-0.39, 0.29) is 13.0 Å². The number of aryl methyl sites for hydroxylation is 4. The highest BCUT2D eigenvalue weighted by Gasteiger charge is 2.15. The maximum Gasteiger partial charge on any atom is 0.310 e. The summed E-state index contributed by atoms with van der Waals surface area (Å²) in [5.74, 6) is -0.937. The summed E-state index contributed by atoms with van der Waals surface area (Å²) in [4.78, 5) is 24.3. The Hall–Kier alpha value is -2.79. The molecule has 0 saturated heterocycles. The van der Waals surface area contributed by atoms with E-state index in [1.807, 2.05) is 45.9 Å². The molecule has 28 heavy (non-hydrogen) atoms. The number of carbonyl (C=O) groups is 2. The van der Waals surface area contributed by atoms with E-state index in [1.165, 1.54) is 0 Å². The summed E-state index contributed by atoms with van der Waals surface area (Å²) in [5.41, 5.74) is 6.09. The van der Waals surface area contributed by atoms with Gasteiger partial charge in [0.15, 0.2) is 6.61 Å². The van der Waals surface area contributed by atoms with Gasteiger partial charge in [-0.05, 0) is 68.1 Å². The van der Waals surface area contributed by atoms with Gasteiger partial charge >= 0.3 is 5.97 Å². The van der Waals surface area contributed by atoms with Gasteiger partial charge in [-0.2, -0.15) is 0 Å². The van der Waals surface area contributed by atoms with Gasteiger partial charge in [-0.25, -0.2) is 0 Å². The third kappa shape index (κ3) is 4.37. The molecular weight excluding hydrogens is 378 g/mol. The van der Waals surface area contributed by atoms with Gasteiger partial charge in [0.1, 0.15) is 5.58 Å². The zero-order chi connectivity index (χ0) is 20.4. The highest BCUT2D eigenvalue weighted by Crippen LogP contribution is 2.27. The lowest BCUT2D eigenvalue weighted by Gasteiger charge is -2.11. The number of rotatable bonds is 5. The second kappa shape index (κ2) is 8.07. The number of esters is 1. The Morgan fingerprint density at radius 2 is 1.75 bits per heavy atom. The first-order valence-electron chi connectivity index (χ1n) is 8.94. The van der Waals surface area contributed by atoms with Crippen molar-refractivity contribution in [2.75, 3.05) is 11.9 Å². The zero-order valence-corrected chi connectivity index (χ0v) is 17.1. The molecule has 0 unspecified atom stereocenters. The molecule has 0 aliphatic carbocycles. The average molecular weight is 400 g/mol. The first kappa shape index (κ1) is 20.0. The monoisotopic (exact) mass is 399 g/mol. The molecular formula is C22H22ClNO4. The second-order valence-electron chi connectivity index (χ2n) is 7.02. The van der Waals surface area contributed by atoms with E-state index in [0.29, 0.717) is 10.7 Å². The molecule has 0 atom stereocenters. The molecule has 1 N–H and O–H groups in total. The minimum Gasteiger partial charge on any atom is -0.464 e. The molecule has 0 fully saturated rings. The van der Waals surface area contributed by atoms with E-state index in [9.17, 15) is 9.59 Å².